The molecule has 0 aliphatic heterocycles. The predicted octanol–water partition coefficient (Wildman–Crippen LogP) is 1.98. The molecular weight excluding hydrogens is 216 g/mol. The first kappa shape index (κ1) is 11.3. The van der Waals surface area contributed by atoms with E-state index in [0.717, 1.165) is 17.1 Å². The van der Waals surface area contributed by atoms with Crippen molar-refractivity contribution >= 4 is 11.6 Å². The van der Waals surface area contributed by atoms with Gasteiger partial charge in [-0.15, -0.1) is 0 Å². The lowest BCUT2D eigenvalue weighted by Crippen LogP contribution is -2.14. The Morgan fingerprint density at radius 2 is 2.06 bits per heavy atom. The van der Waals surface area contributed by atoms with Crippen molar-refractivity contribution in [3.05, 3.63) is 41.0 Å². The van der Waals surface area contributed by atoms with E-state index in [0.29, 0.717) is 11.3 Å². The third kappa shape index (κ3) is 2.18. The number of rotatable bonds is 2. The summed E-state index contributed by atoms with van der Waals surface area (Å²) in [6.45, 7) is 5.52. The van der Waals surface area contributed by atoms with Gasteiger partial charge in [-0.3, -0.25) is 14.9 Å². The molecule has 0 aliphatic carbocycles. The molecule has 0 saturated heterocycles. The summed E-state index contributed by atoms with van der Waals surface area (Å²) in [6, 6.07) is 3.50. The highest BCUT2D eigenvalue weighted by Gasteiger charge is 2.13. The molecule has 0 bridgehead atoms. The van der Waals surface area contributed by atoms with Crippen LogP contribution < -0.4 is 5.32 Å². The topological polar surface area (TPSA) is 70.7 Å². The highest BCUT2D eigenvalue weighted by molar-refractivity contribution is 6.05. The number of anilines is 1. The second-order valence-electron chi connectivity index (χ2n) is 3.90. The lowest BCUT2D eigenvalue weighted by molar-refractivity contribution is 0.102. The second kappa shape index (κ2) is 4.37. The van der Waals surface area contributed by atoms with E-state index in [4.69, 9.17) is 0 Å². The Kier molecular flexibility index (Phi) is 2.91. The molecule has 0 saturated carbocycles. The van der Waals surface area contributed by atoms with Crippen molar-refractivity contribution in [1.29, 1.82) is 0 Å². The Bertz CT molecular complexity index is 540. The van der Waals surface area contributed by atoms with Crippen LogP contribution in [0, 0.1) is 20.8 Å². The molecular formula is C12H14N4O. The number of aromatic amines is 1. The van der Waals surface area contributed by atoms with Gasteiger partial charge in [-0.05, 0) is 32.9 Å². The molecule has 5 nitrogen and oxygen atoms in total. The van der Waals surface area contributed by atoms with Crippen LogP contribution in [0.15, 0.2) is 18.3 Å². The largest absolute Gasteiger partial charge is 0.319 e. The first-order valence-corrected chi connectivity index (χ1v) is 5.34. The number of hydrogen-bond donors (Lipinski definition) is 2. The summed E-state index contributed by atoms with van der Waals surface area (Å²) in [6.07, 6.45) is 1.67. The lowest BCUT2D eigenvalue weighted by Gasteiger charge is -2.06. The Balaban J connectivity index is 2.27. The Morgan fingerprint density at radius 3 is 2.65 bits per heavy atom. The summed E-state index contributed by atoms with van der Waals surface area (Å²) in [5.74, 6) is -0.164. The van der Waals surface area contributed by atoms with E-state index in [2.05, 4.69) is 20.5 Å². The van der Waals surface area contributed by atoms with Gasteiger partial charge in [-0.2, -0.15) is 5.10 Å². The predicted molar refractivity (Wildman–Crippen MR) is 65.0 cm³/mol. The van der Waals surface area contributed by atoms with Crippen LogP contribution in [0.2, 0.25) is 0 Å². The lowest BCUT2D eigenvalue weighted by atomic mass is 10.2. The summed E-state index contributed by atoms with van der Waals surface area (Å²) in [4.78, 5) is 16.1. The minimum Gasteiger partial charge on any atom is -0.319 e. The number of H-pyrrole nitrogens is 1. The minimum atomic E-state index is -0.164. The van der Waals surface area contributed by atoms with E-state index in [1.54, 1.807) is 18.3 Å². The molecule has 17 heavy (non-hydrogen) atoms. The van der Waals surface area contributed by atoms with Crippen molar-refractivity contribution in [2.45, 2.75) is 20.8 Å². The molecule has 0 spiro atoms. The summed E-state index contributed by atoms with van der Waals surface area (Å²) < 4.78 is 0. The van der Waals surface area contributed by atoms with Crippen molar-refractivity contribution in [2.75, 3.05) is 5.32 Å². The molecule has 2 rings (SSSR count). The standard InChI is InChI=1S/C12H14N4O/c1-7-10(5-4-6-13-7)12(17)14-11-8(2)15-16-9(11)3/h4-6H,1-3H3,(H,14,17)(H,15,16). The molecule has 1 amide bonds. The Labute approximate surface area is 99.3 Å². The maximum absolute atomic E-state index is 12.0. The fourth-order valence-electron chi connectivity index (χ4n) is 1.64. The number of amides is 1. The molecule has 5 heteroatoms. The van der Waals surface area contributed by atoms with Crippen LogP contribution >= 0.6 is 0 Å². The van der Waals surface area contributed by atoms with E-state index in [-0.39, 0.29) is 5.91 Å². The summed E-state index contributed by atoms with van der Waals surface area (Å²) >= 11 is 0. The normalized spacial score (nSPS) is 10.3. The van der Waals surface area contributed by atoms with Gasteiger partial charge in [0.1, 0.15) is 0 Å². The molecule has 0 aliphatic rings. The Morgan fingerprint density at radius 1 is 1.29 bits per heavy atom. The first-order chi connectivity index (χ1) is 8.09. The van der Waals surface area contributed by atoms with Gasteiger partial charge in [0.15, 0.2) is 0 Å². The third-order valence-electron chi connectivity index (χ3n) is 2.62. The van der Waals surface area contributed by atoms with Gasteiger partial charge in [0.2, 0.25) is 0 Å². The summed E-state index contributed by atoms with van der Waals surface area (Å²) in [7, 11) is 0. The van der Waals surface area contributed by atoms with Gasteiger partial charge in [0.25, 0.3) is 5.91 Å². The van der Waals surface area contributed by atoms with Gasteiger partial charge < -0.3 is 5.32 Å². The molecule has 0 atom stereocenters. The van der Waals surface area contributed by atoms with Crippen LogP contribution in [0.1, 0.15) is 27.4 Å². The van der Waals surface area contributed by atoms with Crippen molar-refractivity contribution in [2.24, 2.45) is 0 Å². The van der Waals surface area contributed by atoms with E-state index in [1.807, 2.05) is 20.8 Å². The van der Waals surface area contributed by atoms with Crippen LogP contribution in [0.3, 0.4) is 0 Å². The number of pyridine rings is 1. The van der Waals surface area contributed by atoms with Gasteiger partial charge in [-0.25, -0.2) is 0 Å². The monoisotopic (exact) mass is 230 g/mol. The fourth-order valence-corrected chi connectivity index (χ4v) is 1.64. The van der Waals surface area contributed by atoms with Crippen LogP contribution in [-0.4, -0.2) is 21.1 Å². The average Bonchev–Trinajstić information content (AvgIpc) is 2.61. The zero-order chi connectivity index (χ0) is 12.4. The highest BCUT2D eigenvalue weighted by Crippen LogP contribution is 2.17. The zero-order valence-electron chi connectivity index (χ0n) is 10.0. The number of carbonyl (C=O) groups is 1. The van der Waals surface area contributed by atoms with Gasteiger partial charge in [-0.1, -0.05) is 0 Å². The molecule has 2 aromatic rings. The van der Waals surface area contributed by atoms with Crippen molar-refractivity contribution in [3.63, 3.8) is 0 Å². The van der Waals surface area contributed by atoms with Crippen molar-refractivity contribution < 1.29 is 4.79 Å². The number of hydrogen-bond acceptors (Lipinski definition) is 3. The SMILES string of the molecule is Cc1ncccc1C(=O)Nc1c(C)n[nH]c1C. The molecule has 0 unspecified atom stereocenters. The number of aryl methyl sites for hydroxylation is 3. The van der Waals surface area contributed by atoms with Crippen LogP contribution in [0.4, 0.5) is 5.69 Å². The smallest absolute Gasteiger partial charge is 0.257 e. The third-order valence-corrected chi connectivity index (χ3v) is 2.62. The van der Waals surface area contributed by atoms with Crippen molar-refractivity contribution in [3.8, 4) is 0 Å². The molecule has 2 aromatic heterocycles. The minimum absolute atomic E-state index is 0.164. The fraction of sp³-hybridized carbons (Fsp3) is 0.250. The van der Waals surface area contributed by atoms with Gasteiger partial charge in [0, 0.05) is 11.9 Å². The maximum atomic E-state index is 12.0. The number of carbonyl (C=O) groups excluding carboxylic acids is 1. The van der Waals surface area contributed by atoms with Crippen LogP contribution in [-0.2, 0) is 0 Å². The second-order valence-corrected chi connectivity index (χ2v) is 3.90. The van der Waals surface area contributed by atoms with Gasteiger partial charge in [0.05, 0.1) is 22.6 Å². The quantitative estimate of drug-likeness (QED) is 0.828. The first-order valence-electron chi connectivity index (χ1n) is 5.34. The van der Waals surface area contributed by atoms with E-state index in [9.17, 15) is 4.79 Å². The van der Waals surface area contributed by atoms with E-state index in [1.165, 1.54) is 0 Å². The van der Waals surface area contributed by atoms with Crippen LogP contribution in [0.25, 0.3) is 0 Å². The zero-order valence-corrected chi connectivity index (χ0v) is 10.0. The summed E-state index contributed by atoms with van der Waals surface area (Å²) in [5, 5.41) is 9.70. The molecule has 2 heterocycles. The number of nitrogens with zero attached hydrogens (tertiary/aromatic N) is 2. The molecule has 2 N–H and O–H groups in total. The molecule has 0 radical (unpaired) electrons. The Hall–Kier alpha value is -2.17. The average molecular weight is 230 g/mol. The van der Waals surface area contributed by atoms with Crippen molar-refractivity contribution in [1.82, 2.24) is 15.2 Å². The van der Waals surface area contributed by atoms with Crippen LogP contribution in [0.5, 0.6) is 0 Å². The summed E-state index contributed by atoms with van der Waals surface area (Å²) in [5.41, 5.74) is 3.64. The number of aromatic nitrogens is 3. The van der Waals surface area contributed by atoms with E-state index < -0.39 is 0 Å². The molecule has 0 fully saturated rings. The maximum Gasteiger partial charge on any atom is 0.257 e. The van der Waals surface area contributed by atoms with Gasteiger partial charge >= 0.3 is 0 Å². The highest BCUT2D eigenvalue weighted by atomic mass is 16.1. The number of nitrogens with one attached hydrogen (secondary N) is 2. The van der Waals surface area contributed by atoms with E-state index >= 15 is 0 Å². The molecule has 88 valence electrons. The molecule has 0 aromatic carbocycles.